The predicted molar refractivity (Wildman–Crippen MR) is 67.8 cm³/mol. The second-order valence-corrected chi connectivity index (χ2v) is 4.86. The molecule has 1 N–H and O–H groups in total. The van der Waals surface area contributed by atoms with Crippen LogP contribution in [0.2, 0.25) is 0 Å². The van der Waals surface area contributed by atoms with Crippen LogP contribution in [-0.4, -0.2) is 21.5 Å². The summed E-state index contributed by atoms with van der Waals surface area (Å²) in [7, 11) is 0. The molecule has 4 nitrogen and oxygen atoms in total. The summed E-state index contributed by atoms with van der Waals surface area (Å²) in [4.78, 5) is 0. The van der Waals surface area contributed by atoms with Crippen LogP contribution < -0.4 is 5.32 Å². The highest BCUT2D eigenvalue weighted by Gasteiger charge is 2.17. The van der Waals surface area contributed by atoms with Crippen LogP contribution in [0.3, 0.4) is 0 Å². The van der Waals surface area contributed by atoms with Gasteiger partial charge in [-0.3, -0.25) is 0 Å². The molecule has 1 aromatic heterocycles. The van der Waals surface area contributed by atoms with Crippen molar-refractivity contribution in [1.29, 1.82) is 0 Å². The first-order valence-corrected chi connectivity index (χ1v) is 6.25. The lowest BCUT2D eigenvalue weighted by molar-refractivity contribution is 0.441. The standard InChI is InChI=1S/C13H15F3N4/c1-8(2)5-17-6-9-7-18-19-20(9)11-4-3-10(14)12(15)13(11)16/h3-4,7-8,17H,5-6H2,1-2H3. The zero-order valence-electron chi connectivity index (χ0n) is 11.2. The Bertz CT molecular complexity index is 595. The lowest BCUT2D eigenvalue weighted by Crippen LogP contribution is -2.21. The molecule has 2 aromatic rings. The molecular formula is C13H15F3N4. The molecule has 0 saturated heterocycles. The molecule has 1 aromatic carbocycles. The number of benzene rings is 1. The minimum Gasteiger partial charge on any atom is -0.311 e. The van der Waals surface area contributed by atoms with Crippen molar-refractivity contribution in [2.24, 2.45) is 5.92 Å². The zero-order chi connectivity index (χ0) is 14.7. The number of nitrogens with zero attached hydrogens (tertiary/aromatic N) is 3. The van der Waals surface area contributed by atoms with Crippen LogP contribution in [0.25, 0.3) is 5.69 Å². The van der Waals surface area contributed by atoms with E-state index in [-0.39, 0.29) is 5.69 Å². The van der Waals surface area contributed by atoms with Crippen LogP contribution in [0.5, 0.6) is 0 Å². The van der Waals surface area contributed by atoms with E-state index in [0.29, 0.717) is 18.2 Å². The molecule has 0 amide bonds. The maximum Gasteiger partial charge on any atom is 0.196 e. The van der Waals surface area contributed by atoms with Crippen molar-refractivity contribution in [2.45, 2.75) is 20.4 Å². The maximum absolute atomic E-state index is 13.7. The van der Waals surface area contributed by atoms with E-state index in [0.717, 1.165) is 23.4 Å². The number of aromatic nitrogens is 3. The minimum absolute atomic E-state index is 0.164. The van der Waals surface area contributed by atoms with Gasteiger partial charge in [-0.05, 0) is 24.6 Å². The highest BCUT2D eigenvalue weighted by molar-refractivity contribution is 5.35. The van der Waals surface area contributed by atoms with E-state index in [1.807, 2.05) is 0 Å². The normalized spacial score (nSPS) is 11.3. The average molecular weight is 284 g/mol. The molecule has 0 radical (unpaired) electrons. The number of hydrogen-bond acceptors (Lipinski definition) is 3. The van der Waals surface area contributed by atoms with E-state index in [9.17, 15) is 13.2 Å². The van der Waals surface area contributed by atoms with Crippen LogP contribution in [0, 0.1) is 23.4 Å². The van der Waals surface area contributed by atoms with Crippen molar-refractivity contribution >= 4 is 0 Å². The number of hydrogen-bond donors (Lipinski definition) is 1. The van der Waals surface area contributed by atoms with Crippen molar-refractivity contribution in [3.8, 4) is 5.69 Å². The van der Waals surface area contributed by atoms with Gasteiger partial charge in [0.25, 0.3) is 0 Å². The van der Waals surface area contributed by atoms with Gasteiger partial charge in [0.1, 0.15) is 5.69 Å². The van der Waals surface area contributed by atoms with Gasteiger partial charge in [0.2, 0.25) is 0 Å². The van der Waals surface area contributed by atoms with Gasteiger partial charge < -0.3 is 5.32 Å². The molecule has 1 heterocycles. The summed E-state index contributed by atoms with van der Waals surface area (Å²) in [5.74, 6) is -3.56. The fourth-order valence-electron chi connectivity index (χ4n) is 1.75. The third kappa shape index (κ3) is 2.98. The fraction of sp³-hybridized carbons (Fsp3) is 0.385. The third-order valence-electron chi connectivity index (χ3n) is 2.72. The fourth-order valence-corrected chi connectivity index (χ4v) is 1.75. The summed E-state index contributed by atoms with van der Waals surface area (Å²) < 4.78 is 41.1. The monoisotopic (exact) mass is 284 g/mol. The summed E-state index contributed by atoms with van der Waals surface area (Å²) >= 11 is 0. The molecule has 0 bridgehead atoms. The molecule has 0 aliphatic heterocycles. The Labute approximate surface area is 114 Å². The Hall–Kier alpha value is -1.89. The molecule has 0 atom stereocenters. The molecule has 0 saturated carbocycles. The van der Waals surface area contributed by atoms with E-state index in [1.54, 1.807) is 0 Å². The van der Waals surface area contributed by atoms with E-state index in [1.165, 1.54) is 6.20 Å². The van der Waals surface area contributed by atoms with Gasteiger partial charge in [0.15, 0.2) is 17.5 Å². The van der Waals surface area contributed by atoms with Crippen LogP contribution in [0.4, 0.5) is 13.2 Å². The SMILES string of the molecule is CC(C)CNCc1cnnn1-c1ccc(F)c(F)c1F. The number of rotatable bonds is 5. The van der Waals surface area contributed by atoms with Crippen molar-refractivity contribution in [3.05, 3.63) is 41.5 Å². The lowest BCUT2D eigenvalue weighted by atomic mass is 10.2. The zero-order valence-corrected chi connectivity index (χ0v) is 11.2. The van der Waals surface area contributed by atoms with Crippen LogP contribution in [-0.2, 0) is 6.54 Å². The first-order chi connectivity index (χ1) is 9.50. The van der Waals surface area contributed by atoms with E-state index in [2.05, 4.69) is 29.5 Å². The Morgan fingerprint density at radius 2 is 1.95 bits per heavy atom. The first-order valence-electron chi connectivity index (χ1n) is 6.25. The van der Waals surface area contributed by atoms with Crippen molar-refractivity contribution in [1.82, 2.24) is 20.3 Å². The Morgan fingerprint density at radius 1 is 1.20 bits per heavy atom. The minimum atomic E-state index is -1.51. The second-order valence-electron chi connectivity index (χ2n) is 4.86. The molecule has 0 spiro atoms. The largest absolute Gasteiger partial charge is 0.311 e. The smallest absolute Gasteiger partial charge is 0.196 e. The van der Waals surface area contributed by atoms with Gasteiger partial charge >= 0.3 is 0 Å². The Balaban J connectivity index is 2.26. The molecule has 0 fully saturated rings. The lowest BCUT2D eigenvalue weighted by Gasteiger charge is -2.10. The molecule has 0 aliphatic rings. The second kappa shape index (κ2) is 6.04. The molecule has 0 unspecified atom stereocenters. The third-order valence-corrected chi connectivity index (χ3v) is 2.72. The van der Waals surface area contributed by atoms with Crippen LogP contribution >= 0.6 is 0 Å². The predicted octanol–water partition coefficient (Wildman–Crippen LogP) is 2.43. The summed E-state index contributed by atoms with van der Waals surface area (Å²) in [6.45, 7) is 5.28. The van der Waals surface area contributed by atoms with Crippen LogP contribution in [0.1, 0.15) is 19.5 Å². The molecule has 20 heavy (non-hydrogen) atoms. The molecular weight excluding hydrogens is 269 g/mol. The quantitative estimate of drug-likeness (QED) is 0.858. The molecule has 108 valence electrons. The summed E-state index contributed by atoms with van der Waals surface area (Å²) in [6, 6.07) is 2.00. The van der Waals surface area contributed by atoms with Gasteiger partial charge in [-0.25, -0.2) is 17.9 Å². The van der Waals surface area contributed by atoms with Crippen LogP contribution in [0.15, 0.2) is 18.3 Å². The van der Waals surface area contributed by atoms with Crippen molar-refractivity contribution < 1.29 is 13.2 Å². The number of halogens is 3. The summed E-state index contributed by atoms with van der Waals surface area (Å²) in [5, 5.41) is 10.5. The topological polar surface area (TPSA) is 42.7 Å². The van der Waals surface area contributed by atoms with Gasteiger partial charge in [0, 0.05) is 6.54 Å². The Kier molecular flexibility index (Phi) is 4.39. The van der Waals surface area contributed by atoms with Gasteiger partial charge in [-0.15, -0.1) is 5.10 Å². The van der Waals surface area contributed by atoms with Crippen molar-refractivity contribution in [2.75, 3.05) is 6.54 Å². The summed E-state index contributed by atoms with van der Waals surface area (Å²) in [5.41, 5.74) is 0.401. The highest BCUT2D eigenvalue weighted by Crippen LogP contribution is 2.19. The molecule has 7 heteroatoms. The van der Waals surface area contributed by atoms with E-state index in [4.69, 9.17) is 0 Å². The average Bonchev–Trinajstić information content (AvgIpc) is 2.84. The maximum atomic E-state index is 13.7. The summed E-state index contributed by atoms with van der Waals surface area (Å²) in [6.07, 6.45) is 1.45. The van der Waals surface area contributed by atoms with Gasteiger partial charge in [-0.2, -0.15) is 0 Å². The molecule has 2 rings (SSSR count). The van der Waals surface area contributed by atoms with Crippen molar-refractivity contribution in [3.63, 3.8) is 0 Å². The van der Waals surface area contributed by atoms with Gasteiger partial charge in [0.05, 0.1) is 11.9 Å². The van der Waals surface area contributed by atoms with E-state index < -0.39 is 17.5 Å². The molecule has 0 aliphatic carbocycles. The van der Waals surface area contributed by atoms with E-state index >= 15 is 0 Å². The van der Waals surface area contributed by atoms with Gasteiger partial charge in [-0.1, -0.05) is 19.1 Å². The highest BCUT2D eigenvalue weighted by atomic mass is 19.2. The Morgan fingerprint density at radius 3 is 2.65 bits per heavy atom. The first kappa shape index (κ1) is 14.5. The number of nitrogens with one attached hydrogen (secondary N) is 1.